The number of benzene rings is 1. The Morgan fingerprint density at radius 2 is 1.96 bits per heavy atom. The summed E-state index contributed by atoms with van der Waals surface area (Å²) in [6, 6.07) is 3.85. The van der Waals surface area contributed by atoms with Crippen LogP contribution in [-0.4, -0.2) is 42.2 Å². The second kappa shape index (κ2) is 7.94. The molecule has 27 heavy (non-hydrogen) atoms. The van der Waals surface area contributed by atoms with E-state index >= 15 is 0 Å². The number of aryl methyl sites for hydroxylation is 1. The highest BCUT2D eigenvalue weighted by Gasteiger charge is 2.44. The summed E-state index contributed by atoms with van der Waals surface area (Å²) in [6.07, 6.45) is 6.17. The van der Waals surface area contributed by atoms with Crippen LogP contribution in [-0.2, 0) is 16.0 Å². The van der Waals surface area contributed by atoms with Crippen molar-refractivity contribution in [3.05, 3.63) is 28.8 Å². The fraction of sp³-hybridized carbons (Fsp3) is 0.609. The quantitative estimate of drug-likeness (QED) is 0.640. The van der Waals surface area contributed by atoms with Gasteiger partial charge in [0.15, 0.2) is 6.61 Å². The molecule has 0 amide bonds. The fourth-order valence-corrected chi connectivity index (χ4v) is 4.79. The predicted octanol–water partition coefficient (Wildman–Crippen LogP) is 3.40. The number of ether oxygens (including phenoxy) is 1. The van der Waals surface area contributed by atoms with Crippen LogP contribution in [0.25, 0.3) is 0 Å². The normalized spacial score (nSPS) is 24.3. The molecule has 1 N–H and O–H groups in total. The average Bonchev–Trinajstić information content (AvgIpc) is 3.03. The lowest BCUT2D eigenvalue weighted by Gasteiger charge is -2.17. The number of nitrogens with zero attached hydrogens (tertiary/aromatic N) is 1. The van der Waals surface area contributed by atoms with Crippen LogP contribution in [0.2, 0.25) is 0 Å². The zero-order chi connectivity index (χ0) is 18.8. The number of aromatic hydroxyl groups is 1. The molecular weight excluding hydrogens is 338 g/mol. The van der Waals surface area contributed by atoms with Gasteiger partial charge in [-0.1, -0.05) is 36.8 Å². The Morgan fingerprint density at radius 3 is 2.70 bits per heavy atom. The van der Waals surface area contributed by atoms with Gasteiger partial charge in [0, 0.05) is 24.2 Å². The lowest BCUT2D eigenvalue weighted by atomic mass is 9.90. The van der Waals surface area contributed by atoms with Crippen LogP contribution in [0.15, 0.2) is 12.1 Å². The van der Waals surface area contributed by atoms with Crippen LogP contribution in [0.5, 0.6) is 5.75 Å². The molecule has 4 heteroatoms. The highest BCUT2D eigenvalue weighted by Crippen LogP contribution is 2.44. The molecule has 2 aliphatic carbocycles. The minimum Gasteiger partial charge on any atom is -0.507 e. The van der Waals surface area contributed by atoms with E-state index in [1.807, 2.05) is 19.1 Å². The second-order valence-electron chi connectivity index (χ2n) is 8.43. The molecule has 1 heterocycles. The predicted molar refractivity (Wildman–Crippen MR) is 105 cm³/mol. The van der Waals surface area contributed by atoms with E-state index in [2.05, 4.69) is 16.7 Å². The summed E-state index contributed by atoms with van der Waals surface area (Å²) in [4.78, 5) is 14.5. The van der Waals surface area contributed by atoms with E-state index in [9.17, 15) is 9.90 Å². The van der Waals surface area contributed by atoms with Crippen LogP contribution in [0.4, 0.5) is 0 Å². The fourth-order valence-electron chi connectivity index (χ4n) is 4.79. The number of carbonyl (C=O) groups excluding carboxylic acids is 1. The molecule has 0 aromatic heterocycles. The summed E-state index contributed by atoms with van der Waals surface area (Å²) >= 11 is 0. The zero-order valence-electron chi connectivity index (χ0n) is 16.2. The van der Waals surface area contributed by atoms with Crippen molar-refractivity contribution in [1.29, 1.82) is 0 Å². The molecule has 1 saturated heterocycles. The molecule has 0 bridgehead atoms. The Labute approximate surface area is 161 Å². The van der Waals surface area contributed by atoms with Crippen molar-refractivity contribution < 1.29 is 14.6 Å². The summed E-state index contributed by atoms with van der Waals surface area (Å²) in [5.74, 6) is 8.26. The van der Waals surface area contributed by atoms with Crippen molar-refractivity contribution >= 4 is 5.97 Å². The molecule has 144 valence electrons. The van der Waals surface area contributed by atoms with E-state index < -0.39 is 0 Å². The number of phenolic OH excluding ortho intramolecular Hbond substituents is 1. The maximum atomic E-state index is 12.1. The van der Waals surface area contributed by atoms with Gasteiger partial charge in [-0.15, -0.1) is 0 Å². The molecule has 0 unspecified atom stereocenters. The van der Waals surface area contributed by atoms with Crippen molar-refractivity contribution in [1.82, 2.24) is 4.90 Å². The number of esters is 1. The Kier molecular flexibility index (Phi) is 5.41. The van der Waals surface area contributed by atoms with Gasteiger partial charge in [0.1, 0.15) is 5.75 Å². The summed E-state index contributed by atoms with van der Waals surface area (Å²) < 4.78 is 5.25. The van der Waals surface area contributed by atoms with E-state index in [4.69, 9.17) is 4.74 Å². The maximum Gasteiger partial charge on any atom is 0.311 e. The third-order valence-electron chi connectivity index (χ3n) is 6.40. The van der Waals surface area contributed by atoms with Crippen molar-refractivity contribution in [3.63, 3.8) is 0 Å². The molecule has 1 aromatic rings. The van der Waals surface area contributed by atoms with Gasteiger partial charge < -0.3 is 9.84 Å². The van der Waals surface area contributed by atoms with E-state index in [1.54, 1.807) is 0 Å². The Balaban J connectivity index is 1.27. The minimum atomic E-state index is -0.330. The molecule has 0 spiro atoms. The van der Waals surface area contributed by atoms with Gasteiger partial charge in [-0.3, -0.25) is 9.69 Å². The third kappa shape index (κ3) is 4.30. The minimum absolute atomic E-state index is 0.100. The highest BCUT2D eigenvalue weighted by molar-refractivity contribution is 5.74. The molecule has 4 rings (SSSR count). The third-order valence-corrected chi connectivity index (χ3v) is 6.40. The van der Waals surface area contributed by atoms with E-state index in [1.165, 1.54) is 32.4 Å². The van der Waals surface area contributed by atoms with Crippen LogP contribution >= 0.6 is 0 Å². The SMILES string of the molecule is Cc1ccc(CC(=O)OCC#CCN2C[C@@H]3C[C@H]3C2)c(O)c1C1CCCC1. The first-order chi connectivity index (χ1) is 13.1. The number of hydrogen-bond donors (Lipinski definition) is 1. The number of likely N-dealkylation sites (tertiary alicyclic amines) is 1. The van der Waals surface area contributed by atoms with E-state index in [0.29, 0.717) is 11.5 Å². The Bertz CT molecular complexity index is 760. The number of piperidine rings is 1. The van der Waals surface area contributed by atoms with Crippen molar-refractivity contribution in [2.45, 2.75) is 51.4 Å². The Morgan fingerprint density at radius 1 is 1.22 bits per heavy atom. The van der Waals surface area contributed by atoms with Gasteiger partial charge in [-0.25, -0.2) is 0 Å². The van der Waals surface area contributed by atoms with Gasteiger partial charge in [0.25, 0.3) is 0 Å². The summed E-state index contributed by atoms with van der Waals surface area (Å²) in [7, 11) is 0. The van der Waals surface area contributed by atoms with Gasteiger partial charge in [-0.05, 0) is 49.5 Å². The monoisotopic (exact) mass is 367 g/mol. The molecule has 2 atom stereocenters. The molecule has 1 aromatic carbocycles. The topological polar surface area (TPSA) is 49.8 Å². The Hall–Kier alpha value is -1.99. The molecule has 4 nitrogen and oxygen atoms in total. The van der Waals surface area contributed by atoms with Gasteiger partial charge in [-0.2, -0.15) is 0 Å². The molecule has 0 radical (unpaired) electrons. The van der Waals surface area contributed by atoms with Gasteiger partial charge in [0.05, 0.1) is 13.0 Å². The average molecular weight is 367 g/mol. The lowest BCUT2D eigenvalue weighted by molar-refractivity contribution is -0.141. The van der Waals surface area contributed by atoms with Crippen LogP contribution in [0, 0.1) is 30.6 Å². The highest BCUT2D eigenvalue weighted by atomic mass is 16.5. The number of hydrogen-bond acceptors (Lipinski definition) is 4. The van der Waals surface area contributed by atoms with Crippen LogP contribution < -0.4 is 0 Å². The second-order valence-corrected chi connectivity index (χ2v) is 8.43. The molecular formula is C23H29NO3. The van der Waals surface area contributed by atoms with E-state index in [0.717, 1.165) is 42.3 Å². The molecule has 2 saturated carbocycles. The molecule has 1 aliphatic heterocycles. The zero-order valence-corrected chi connectivity index (χ0v) is 16.2. The number of fused-ring (bicyclic) bond motifs is 1. The largest absolute Gasteiger partial charge is 0.507 e. The number of phenols is 1. The molecule has 3 aliphatic rings. The summed E-state index contributed by atoms with van der Waals surface area (Å²) in [6.45, 7) is 5.29. The lowest BCUT2D eigenvalue weighted by Crippen LogP contribution is -2.22. The number of rotatable bonds is 5. The van der Waals surface area contributed by atoms with Crippen molar-refractivity contribution in [3.8, 4) is 17.6 Å². The van der Waals surface area contributed by atoms with Crippen molar-refractivity contribution in [2.24, 2.45) is 11.8 Å². The summed E-state index contributed by atoms with van der Waals surface area (Å²) in [5.41, 5.74) is 2.81. The molecule has 3 fully saturated rings. The first-order valence-corrected chi connectivity index (χ1v) is 10.3. The maximum absolute atomic E-state index is 12.1. The standard InChI is InChI=1S/C23H29NO3/c1-16-8-9-18(23(26)22(16)17-6-2-3-7-17)13-21(25)27-11-5-4-10-24-14-19-12-20(19)15-24/h8-9,17,19-20,26H,2-3,6-7,10-15H2,1H3/t19-,20-/m0/s1. The van der Waals surface area contributed by atoms with Crippen LogP contribution in [0.1, 0.15) is 54.7 Å². The van der Waals surface area contributed by atoms with Gasteiger partial charge in [0.2, 0.25) is 0 Å². The van der Waals surface area contributed by atoms with Crippen molar-refractivity contribution in [2.75, 3.05) is 26.2 Å². The number of carbonyl (C=O) groups is 1. The van der Waals surface area contributed by atoms with Gasteiger partial charge >= 0.3 is 5.97 Å². The first kappa shape index (κ1) is 18.4. The first-order valence-electron chi connectivity index (χ1n) is 10.3. The van der Waals surface area contributed by atoms with E-state index in [-0.39, 0.29) is 24.7 Å². The summed E-state index contributed by atoms with van der Waals surface area (Å²) in [5, 5.41) is 10.7. The van der Waals surface area contributed by atoms with Crippen LogP contribution in [0.3, 0.4) is 0 Å². The smallest absolute Gasteiger partial charge is 0.311 e.